The fourth-order valence-corrected chi connectivity index (χ4v) is 4.80. The molecule has 0 radical (unpaired) electrons. The van der Waals surface area contributed by atoms with Gasteiger partial charge in [0.25, 0.3) is 17.1 Å². The van der Waals surface area contributed by atoms with Crippen molar-refractivity contribution in [3.05, 3.63) is 92.8 Å². The lowest BCUT2D eigenvalue weighted by molar-refractivity contribution is -0.123. The van der Waals surface area contributed by atoms with Gasteiger partial charge in [0.2, 0.25) is 0 Å². The standard InChI is InChI=1S/C28H25BrN2O5S/c1-18-8-9-19(2)23(14-18)30-26(32)17-36-24-11-10-21(29)15-20(24)16-25-27(33)31(28(34)37-25)12-13-35-22-6-4-3-5-7-22/h3-11,14-16H,12-13,17H2,1-2H3,(H,30,32)/b25-16-. The molecule has 190 valence electrons. The van der Waals surface area contributed by atoms with Crippen LogP contribution in [0, 0.1) is 13.8 Å². The van der Waals surface area contributed by atoms with Gasteiger partial charge >= 0.3 is 0 Å². The van der Waals surface area contributed by atoms with Gasteiger partial charge in [0.15, 0.2) is 6.61 Å². The van der Waals surface area contributed by atoms with Crippen molar-refractivity contribution in [2.45, 2.75) is 13.8 Å². The molecule has 1 N–H and O–H groups in total. The van der Waals surface area contributed by atoms with E-state index in [0.717, 1.165) is 37.9 Å². The number of hydrogen-bond donors (Lipinski definition) is 1. The summed E-state index contributed by atoms with van der Waals surface area (Å²) in [5, 5.41) is 2.50. The number of rotatable bonds is 9. The minimum atomic E-state index is -0.398. The number of nitrogens with one attached hydrogen (secondary N) is 1. The van der Waals surface area contributed by atoms with Gasteiger partial charge in [0.05, 0.1) is 11.4 Å². The first kappa shape index (κ1) is 26.5. The van der Waals surface area contributed by atoms with Gasteiger partial charge in [-0.15, -0.1) is 0 Å². The Labute approximate surface area is 228 Å². The first-order valence-electron chi connectivity index (χ1n) is 11.5. The van der Waals surface area contributed by atoms with Crippen LogP contribution < -0.4 is 14.8 Å². The molecule has 7 nitrogen and oxygen atoms in total. The zero-order chi connectivity index (χ0) is 26.4. The molecule has 0 bridgehead atoms. The Hall–Kier alpha value is -3.56. The summed E-state index contributed by atoms with van der Waals surface area (Å²) in [5.74, 6) is 0.382. The molecule has 4 rings (SSSR count). The summed E-state index contributed by atoms with van der Waals surface area (Å²) in [7, 11) is 0. The largest absolute Gasteiger partial charge is 0.492 e. The molecule has 0 atom stereocenters. The summed E-state index contributed by atoms with van der Waals surface area (Å²) < 4.78 is 12.2. The van der Waals surface area contributed by atoms with Crippen molar-refractivity contribution in [3.8, 4) is 11.5 Å². The summed E-state index contributed by atoms with van der Waals surface area (Å²) in [4.78, 5) is 39.4. The molecule has 3 amide bonds. The van der Waals surface area contributed by atoms with Gasteiger partial charge in [-0.2, -0.15) is 0 Å². The SMILES string of the molecule is Cc1ccc(C)c(NC(=O)COc2ccc(Br)cc2/C=C2\SC(=O)N(CCOc3ccccc3)C2=O)c1. The maximum absolute atomic E-state index is 12.9. The second-order valence-electron chi connectivity index (χ2n) is 8.33. The molecule has 37 heavy (non-hydrogen) atoms. The monoisotopic (exact) mass is 580 g/mol. The van der Waals surface area contributed by atoms with Gasteiger partial charge in [-0.05, 0) is 79.2 Å². The highest BCUT2D eigenvalue weighted by atomic mass is 79.9. The molecule has 9 heteroatoms. The highest BCUT2D eigenvalue weighted by Gasteiger charge is 2.35. The fraction of sp³-hybridized carbons (Fsp3) is 0.179. The lowest BCUT2D eigenvalue weighted by Gasteiger charge is -2.13. The van der Waals surface area contributed by atoms with Gasteiger partial charge in [-0.3, -0.25) is 19.3 Å². The Bertz CT molecular complexity index is 1360. The second kappa shape index (κ2) is 12.1. The van der Waals surface area contributed by atoms with E-state index in [0.29, 0.717) is 17.1 Å². The number of amides is 3. The Morgan fingerprint density at radius 1 is 1.03 bits per heavy atom. The molecule has 3 aromatic carbocycles. The van der Waals surface area contributed by atoms with Crippen molar-refractivity contribution in [1.82, 2.24) is 4.90 Å². The first-order valence-corrected chi connectivity index (χ1v) is 13.1. The van der Waals surface area contributed by atoms with E-state index in [-0.39, 0.29) is 35.8 Å². The van der Waals surface area contributed by atoms with Crippen LogP contribution in [-0.2, 0) is 9.59 Å². The number of nitrogens with zero attached hydrogens (tertiary/aromatic N) is 1. The number of benzene rings is 3. The lowest BCUT2D eigenvalue weighted by atomic mass is 10.1. The van der Waals surface area contributed by atoms with Crippen LogP contribution in [0.3, 0.4) is 0 Å². The number of ether oxygens (including phenoxy) is 2. The van der Waals surface area contributed by atoms with Crippen molar-refractivity contribution in [3.63, 3.8) is 0 Å². The van der Waals surface area contributed by atoms with E-state index in [1.165, 1.54) is 0 Å². The number of para-hydroxylation sites is 1. The number of aryl methyl sites for hydroxylation is 2. The molecule has 0 aliphatic carbocycles. The summed E-state index contributed by atoms with van der Waals surface area (Å²) >= 11 is 4.29. The predicted octanol–water partition coefficient (Wildman–Crippen LogP) is 6.20. The Morgan fingerprint density at radius 3 is 2.59 bits per heavy atom. The van der Waals surface area contributed by atoms with Gasteiger partial charge in [-0.1, -0.05) is 46.3 Å². The van der Waals surface area contributed by atoms with Gasteiger partial charge in [0.1, 0.15) is 18.1 Å². The van der Waals surface area contributed by atoms with Gasteiger partial charge in [0, 0.05) is 15.7 Å². The van der Waals surface area contributed by atoms with Crippen LogP contribution in [0.5, 0.6) is 11.5 Å². The van der Waals surface area contributed by atoms with Crippen molar-refractivity contribution < 1.29 is 23.9 Å². The smallest absolute Gasteiger partial charge is 0.293 e. The lowest BCUT2D eigenvalue weighted by Crippen LogP contribution is -2.32. The number of thioether (sulfide) groups is 1. The number of carbonyl (C=O) groups is 3. The Morgan fingerprint density at radius 2 is 1.81 bits per heavy atom. The van der Waals surface area contributed by atoms with Crippen LogP contribution >= 0.6 is 27.7 Å². The molecule has 1 heterocycles. The molecule has 1 aliphatic heterocycles. The van der Waals surface area contributed by atoms with E-state index >= 15 is 0 Å². The predicted molar refractivity (Wildman–Crippen MR) is 149 cm³/mol. The van der Waals surface area contributed by atoms with E-state index in [9.17, 15) is 14.4 Å². The minimum absolute atomic E-state index is 0.136. The van der Waals surface area contributed by atoms with Gasteiger partial charge in [-0.25, -0.2) is 0 Å². The third-order valence-electron chi connectivity index (χ3n) is 5.48. The normalized spacial score (nSPS) is 14.2. The average molecular weight is 581 g/mol. The maximum Gasteiger partial charge on any atom is 0.293 e. The number of carbonyl (C=O) groups excluding carboxylic acids is 3. The zero-order valence-electron chi connectivity index (χ0n) is 20.3. The number of halogens is 1. The molecule has 0 saturated carbocycles. The van der Waals surface area contributed by atoms with E-state index in [2.05, 4.69) is 21.2 Å². The van der Waals surface area contributed by atoms with Crippen LogP contribution in [-0.4, -0.2) is 41.7 Å². The van der Waals surface area contributed by atoms with E-state index < -0.39 is 5.91 Å². The number of imide groups is 1. The molecule has 1 fully saturated rings. The molecule has 3 aromatic rings. The molecule has 0 unspecified atom stereocenters. The van der Waals surface area contributed by atoms with Crippen LogP contribution in [0.1, 0.15) is 16.7 Å². The average Bonchev–Trinajstić information content (AvgIpc) is 3.14. The second-order valence-corrected chi connectivity index (χ2v) is 10.2. The van der Waals surface area contributed by atoms with E-state index in [1.807, 2.05) is 62.4 Å². The first-order chi connectivity index (χ1) is 17.8. The fourth-order valence-electron chi connectivity index (χ4n) is 3.57. The van der Waals surface area contributed by atoms with Crippen LogP contribution in [0.25, 0.3) is 6.08 Å². The molecule has 1 saturated heterocycles. The van der Waals surface area contributed by atoms with E-state index in [4.69, 9.17) is 9.47 Å². The third-order valence-corrected chi connectivity index (χ3v) is 6.89. The number of hydrogen-bond acceptors (Lipinski definition) is 6. The highest BCUT2D eigenvalue weighted by Crippen LogP contribution is 2.35. The Kier molecular flexibility index (Phi) is 8.68. The molecule has 0 spiro atoms. The van der Waals surface area contributed by atoms with Crippen molar-refractivity contribution in [2.75, 3.05) is 25.1 Å². The minimum Gasteiger partial charge on any atom is -0.492 e. The van der Waals surface area contributed by atoms with Crippen LogP contribution in [0.15, 0.2) is 76.1 Å². The van der Waals surface area contributed by atoms with Crippen LogP contribution in [0.4, 0.5) is 10.5 Å². The molecule has 1 aliphatic rings. The van der Waals surface area contributed by atoms with Crippen molar-refractivity contribution >= 4 is 56.5 Å². The summed E-state index contributed by atoms with van der Waals surface area (Å²) in [6.45, 7) is 3.99. The summed E-state index contributed by atoms with van der Waals surface area (Å²) in [6, 6.07) is 20.3. The van der Waals surface area contributed by atoms with E-state index in [1.54, 1.807) is 24.3 Å². The van der Waals surface area contributed by atoms with Crippen molar-refractivity contribution in [1.29, 1.82) is 0 Å². The number of anilines is 1. The molecular weight excluding hydrogens is 556 g/mol. The quantitative estimate of drug-likeness (QED) is 0.303. The molecule has 0 aromatic heterocycles. The molecular formula is C28H25BrN2O5S. The summed E-state index contributed by atoms with van der Waals surface area (Å²) in [5.41, 5.74) is 3.29. The maximum atomic E-state index is 12.9. The van der Waals surface area contributed by atoms with Crippen LogP contribution in [0.2, 0.25) is 0 Å². The zero-order valence-corrected chi connectivity index (χ0v) is 22.7. The topological polar surface area (TPSA) is 84.9 Å². The highest BCUT2D eigenvalue weighted by molar-refractivity contribution is 9.10. The van der Waals surface area contributed by atoms with Crippen molar-refractivity contribution in [2.24, 2.45) is 0 Å². The Balaban J connectivity index is 1.41. The summed E-state index contributed by atoms with van der Waals surface area (Å²) in [6.07, 6.45) is 1.60. The third kappa shape index (κ3) is 7.02. The van der Waals surface area contributed by atoms with Gasteiger partial charge < -0.3 is 14.8 Å².